The highest BCUT2D eigenvalue weighted by molar-refractivity contribution is 7.85. The molecule has 0 aliphatic rings. The molecule has 1 N–H and O–H groups in total. The van der Waals surface area contributed by atoms with Crippen LogP contribution in [-0.2, 0) is 10.1 Å². The summed E-state index contributed by atoms with van der Waals surface area (Å²) in [6.07, 6.45) is 0. The van der Waals surface area contributed by atoms with Crippen LogP contribution in [0.2, 0.25) is 0 Å². The van der Waals surface area contributed by atoms with Gasteiger partial charge in [-0.05, 0) is 35.7 Å². The van der Waals surface area contributed by atoms with Crippen LogP contribution < -0.4 is 0 Å². The summed E-state index contributed by atoms with van der Waals surface area (Å²) in [7, 11) is -4.27. The maximum absolute atomic E-state index is 11.5. The Balaban J connectivity index is 1.75. The first-order valence-electron chi connectivity index (χ1n) is 8.16. The van der Waals surface area contributed by atoms with Crippen LogP contribution in [0.1, 0.15) is 0 Å². The van der Waals surface area contributed by atoms with Crippen molar-refractivity contribution in [3.8, 4) is 10.7 Å². The first kappa shape index (κ1) is 16.3. The minimum atomic E-state index is -4.27. The summed E-state index contributed by atoms with van der Waals surface area (Å²) in [6, 6.07) is 20.2. The van der Waals surface area contributed by atoms with Crippen LogP contribution in [0.3, 0.4) is 0 Å². The lowest BCUT2D eigenvalue weighted by atomic mass is 10.1. The number of hydrogen-bond acceptors (Lipinski definition) is 5. The number of hydrogen-bond donors (Lipinski definition) is 1. The number of nitrogens with zero attached hydrogens (tertiary/aromatic N) is 2. The monoisotopic (exact) mass is 392 g/mol. The predicted molar refractivity (Wildman–Crippen MR) is 108 cm³/mol. The van der Waals surface area contributed by atoms with E-state index in [1.54, 1.807) is 6.07 Å². The highest BCUT2D eigenvalue weighted by Crippen LogP contribution is 2.35. The second-order valence-corrected chi connectivity index (χ2v) is 8.63. The molecule has 0 atom stereocenters. The summed E-state index contributed by atoms with van der Waals surface area (Å²) < 4.78 is 33.3. The number of para-hydroxylation sites is 1. The Morgan fingerprint density at radius 3 is 2.48 bits per heavy atom. The molecule has 0 aliphatic heterocycles. The van der Waals surface area contributed by atoms with Gasteiger partial charge < -0.3 is 0 Å². The third-order valence-electron chi connectivity index (χ3n) is 4.46. The van der Waals surface area contributed by atoms with Gasteiger partial charge in [-0.3, -0.25) is 4.55 Å². The van der Waals surface area contributed by atoms with Gasteiger partial charge in [0.1, 0.15) is 5.01 Å². The fraction of sp³-hybridized carbons (Fsp3) is 0. The van der Waals surface area contributed by atoms with Crippen molar-refractivity contribution in [1.29, 1.82) is 0 Å². The van der Waals surface area contributed by atoms with Crippen molar-refractivity contribution in [3.63, 3.8) is 0 Å². The maximum atomic E-state index is 11.5. The van der Waals surface area contributed by atoms with Gasteiger partial charge in [-0.25, -0.2) is 9.97 Å². The van der Waals surface area contributed by atoms with Gasteiger partial charge in [0.15, 0.2) is 0 Å². The molecule has 0 unspecified atom stereocenters. The molecule has 0 spiro atoms. The van der Waals surface area contributed by atoms with E-state index in [1.165, 1.54) is 23.5 Å². The molecule has 0 aliphatic carbocycles. The summed E-state index contributed by atoms with van der Waals surface area (Å²) in [4.78, 5) is 9.27. The standard InChI is InChI=1S/C20H12N2O3S2/c23-27(24,25)14-8-5-12-7-10-18-19(15(12)11-14)22-20(26-18)17-9-6-13-3-1-2-4-16(13)21-17/h1-11H,(H,23,24,25). The van der Waals surface area contributed by atoms with Gasteiger partial charge in [0.2, 0.25) is 0 Å². The fourth-order valence-corrected chi connectivity index (χ4v) is 4.60. The highest BCUT2D eigenvalue weighted by atomic mass is 32.2. The quantitative estimate of drug-likeness (QED) is 0.432. The molecule has 5 nitrogen and oxygen atoms in total. The van der Waals surface area contributed by atoms with Crippen LogP contribution in [0.25, 0.3) is 42.6 Å². The summed E-state index contributed by atoms with van der Waals surface area (Å²) in [6.45, 7) is 0. The van der Waals surface area contributed by atoms with Crippen molar-refractivity contribution >= 4 is 53.3 Å². The third kappa shape index (κ3) is 2.76. The Bertz CT molecular complexity index is 1460. The van der Waals surface area contributed by atoms with E-state index in [2.05, 4.69) is 4.98 Å². The number of pyridine rings is 1. The van der Waals surface area contributed by atoms with Crippen LogP contribution in [0, 0.1) is 0 Å². The lowest BCUT2D eigenvalue weighted by molar-refractivity contribution is 0.483. The third-order valence-corrected chi connectivity index (χ3v) is 6.36. The van der Waals surface area contributed by atoms with Crippen molar-refractivity contribution in [1.82, 2.24) is 9.97 Å². The SMILES string of the molecule is O=S(=O)(O)c1ccc2ccc3sc(-c4ccc5ccccc5n4)nc3c2c1. The second-order valence-electron chi connectivity index (χ2n) is 6.18. The van der Waals surface area contributed by atoms with Gasteiger partial charge in [0.25, 0.3) is 10.1 Å². The first-order chi connectivity index (χ1) is 13.0. The molecular weight excluding hydrogens is 380 g/mol. The van der Waals surface area contributed by atoms with E-state index in [-0.39, 0.29) is 4.90 Å². The molecule has 2 aromatic heterocycles. The van der Waals surface area contributed by atoms with E-state index in [1.807, 2.05) is 48.5 Å². The average Bonchev–Trinajstić information content (AvgIpc) is 3.11. The highest BCUT2D eigenvalue weighted by Gasteiger charge is 2.14. The lowest BCUT2D eigenvalue weighted by Gasteiger charge is -2.01. The van der Waals surface area contributed by atoms with Gasteiger partial charge >= 0.3 is 0 Å². The number of thiazole rings is 1. The molecule has 7 heteroatoms. The van der Waals surface area contributed by atoms with Crippen molar-refractivity contribution < 1.29 is 13.0 Å². The molecule has 132 valence electrons. The number of fused-ring (bicyclic) bond motifs is 4. The van der Waals surface area contributed by atoms with Gasteiger partial charge in [-0.1, -0.05) is 36.4 Å². The first-order valence-corrected chi connectivity index (χ1v) is 10.4. The molecular formula is C20H12N2O3S2. The molecule has 3 aromatic carbocycles. The van der Waals surface area contributed by atoms with E-state index in [9.17, 15) is 13.0 Å². The van der Waals surface area contributed by atoms with Crippen molar-refractivity contribution in [2.75, 3.05) is 0 Å². The van der Waals surface area contributed by atoms with Crippen molar-refractivity contribution in [2.24, 2.45) is 0 Å². The van der Waals surface area contributed by atoms with Gasteiger partial charge in [-0.15, -0.1) is 11.3 Å². The van der Waals surface area contributed by atoms with Crippen molar-refractivity contribution in [3.05, 3.63) is 66.7 Å². The minimum Gasteiger partial charge on any atom is -0.282 e. The maximum Gasteiger partial charge on any atom is 0.294 e. The lowest BCUT2D eigenvalue weighted by Crippen LogP contribution is -1.97. The molecule has 0 amide bonds. The topological polar surface area (TPSA) is 80.2 Å². The average molecular weight is 392 g/mol. The molecule has 5 rings (SSSR count). The summed E-state index contributed by atoms with van der Waals surface area (Å²) >= 11 is 1.50. The largest absolute Gasteiger partial charge is 0.294 e. The summed E-state index contributed by atoms with van der Waals surface area (Å²) in [5.41, 5.74) is 2.37. The van der Waals surface area contributed by atoms with Gasteiger partial charge in [0, 0.05) is 10.8 Å². The van der Waals surface area contributed by atoms with Crippen LogP contribution in [0.15, 0.2) is 71.6 Å². The Morgan fingerprint density at radius 2 is 1.63 bits per heavy atom. The number of benzene rings is 3. The Morgan fingerprint density at radius 1 is 0.852 bits per heavy atom. The van der Waals surface area contributed by atoms with E-state index in [0.29, 0.717) is 10.9 Å². The molecule has 2 heterocycles. The van der Waals surface area contributed by atoms with Crippen LogP contribution in [0.4, 0.5) is 0 Å². The van der Waals surface area contributed by atoms with Gasteiger partial charge in [0.05, 0.1) is 26.3 Å². The predicted octanol–water partition coefficient (Wildman–Crippen LogP) is 4.91. The number of rotatable bonds is 2. The fourth-order valence-electron chi connectivity index (χ4n) is 3.14. The van der Waals surface area contributed by atoms with Crippen LogP contribution in [0.5, 0.6) is 0 Å². The zero-order valence-electron chi connectivity index (χ0n) is 13.8. The van der Waals surface area contributed by atoms with E-state index in [4.69, 9.17) is 4.98 Å². The molecule has 5 aromatic rings. The van der Waals surface area contributed by atoms with Crippen LogP contribution >= 0.6 is 11.3 Å². The molecule has 0 fully saturated rings. The Labute approximate surface area is 158 Å². The van der Waals surface area contributed by atoms with E-state index < -0.39 is 10.1 Å². The Hall–Kier alpha value is -2.87. The Kier molecular flexibility index (Phi) is 3.51. The number of aromatic nitrogens is 2. The molecule has 0 radical (unpaired) electrons. The molecule has 0 saturated carbocycles. The van der Waals surface area contributed by atoms with Crippen molar-refractivity contribution in [2.45, 2.75) is 4.90 Å². The van der Waals surface area contributed by atoms with E-state index >= 15 is 0 Å². The van der Waals surface area contributed by atoms with Gasteiger partial charge in [-0.2, -0.15) is 8.42 Å². The molecule has 0 saturated heterocycles. The molecule has 27 heavy (non-hydrogen) atoms. The normalized spacial score (nSPS) is 12.2. The summed E-state index contributed by atoms with van der Waals surface area (Å²) in [5.74, 6) is 0. The van der Waals surface area contributed by atoms with Crippen LogP contribution in [-0.4, -0.2) is 22.9 Å². The molecule has 0 bridgehead atoms. The minimum absolute atomic E-state index is 0.138. The second kappa shape index (κ2) is 5.82. The zero-order valence-corrected chi connectivity index (χ0v) is 15.5. The summed E-state index contributed by atoms with van der Waals surface area (Å²) in [5, 5.41) is 3.37. The smallest absolute Gasteiger partial charge is 0.282 e. The zero-order chi connectivity index (χ0) is 18.6. The van der Waals surface area contributed by atoms with E-state index in [0.717, 1.165) is 31.7 Å².